The Morgan fingerprint density at radius 2 is 1.68 bits per heavy atom. The van der Waals surface area contributed by atoms with Crippen molar-refractivity contribution in [2.24, 2.45) is 5.10 Å². The van der Waals surface area contributed by atoms with Gasteiger partial charge in [0.1, 0.15) is 5.15 Å². The van der Waals surface area contributed by atoms with Gasteiger partial charge in [0, 0.05) is 40.0 Å². The molecule has 0 atom stereocenters. The molecule has 2 heterocycles. The van der Waals surface area contributed by atoms with Gasteiger partial charge < -0.3 is 5.32 Å². The van der Waals surface area contributed by atoms with Crippen LogP contribution in [0.1, 0.15) is 27.0 Å². The third kappa shape index (κ3) is 4.71. The van der Waals surface area contributed by atoms with Gasteiger partial charge in [-0.25, -0.2) is 9.78 Å². The quantitative estimate of drug-likeness (QED) is 0.399. The number of rotatable bonds is 5. The fourth-order valence-corrected chi connectivity index (χ4v) is 3.82. The molecule has 1 aliphatic rings. The zero-order valence-electron chi connectivity index (χ0n) is 16.0. The second-order valence-corrected chi connectivity index (χ2v) is 7.96. The largest absolute Gasteiger partial charge is 0.342 e. The highest BCUT2D eigenvalue weighted by atomic mass is 35.5. The fraction of sp³-hybridized carbons (Fsp3) is 0.0909. The lowest BCUT2D eigenvalue weighted by Gasteiger charge is -2.22. The summed E-state index contributed by atoms with van der Waals surface area (Å²) in [5.74, 6) is -0.142. The Kier molecular flexibility index (Phi) is 6.23. The Labute approximate surface area is 193 Å². The van der Waals surface area contributed by atoms with Crippen LogP contribution < -0.4 is 10.3 Å². The summed E-state index contributed by atoms with van der Waals surface area (Å²) >= 11 is 18.7. The number of urea groups is 1. The summed E-state index contributed by atoms with van der Waals surface area (Å²) in [5.41, 5.74) is 3.12. The van der Waals surface area contributed by atoms with Gasteiger partial charge in [-0.1, -0.05) is 59.1 Å². The number of hydrogen-bond donors (Lipinski definition) is 1. The van der Waals surface area contributed by atoms with Crippen molar-refractivity contribution in [2.75, 3.05) is 11.6 Å². The van der Waals surface area contributed by atoms with Gasteiger partial charge in [-0.3, -0.25) is 4.79 Å². The van der Waals surface area contributed by atoms with E-state index in [9.17, 15) is 9.59 Å². The number of nitrogens with zero attached hydrogens (tertiary/aromatic N) is 3. The highest BCUT2D eigenvalue weighted by molar-refractivity contribution is 6.36. The second kappa shape index (κ2) is 9.06. The van der Waals surface area contributed by atoms with E-state index < -0.39 is 0 Å². The van der Waals surface area contributed by atoms with Crippen molar-refractivity contribution in [3.8, 4) is 0 Å². The maximum atomic E-state index is 12.6. The molecule has 0 radical (unpaired) electrons. The monoisotopic (exact) mass is 472 g/mol. The predicted octanol–water partition coefficient (Wildman–Crippen LogP) is 5.38. The molecule has 156 valence electrons. The molecular formula is C22H15Cl3N4O2. The molecule has 1 aromatic heterocycles. The Hall–Kier alpha value is -2.93. The number of carbonyl (C=O) groups excluding carboxylic acids is 2. The first-order chi connectivity index (χ1) is 14.9. The van der Waals surface area contributed by atoms with Crippen LogP contribution in [0.4, 0.5) is 10.5 Å². The number of amides is 2. The third-order valence-corrected chi connectivity index (χ3v) is 5.59. The summed E-state index contributed by atoms with van der Waals surface area (Å²) < 4.78 is 0. The Morgan fingerprint density at radius 3 is 2.29 bits per heavy atom. The van der Waals surface area contributed by atoms with E-state index in [1.54, 1.807) is 42.6 Å². The molecular weight excluding hydrogens is 459 g/mol. The fourth-order valence-electron chi connectivity index (χ4n) is 3.10. The zero-order valence-corrected chi connectivity index (χ0v) is 18.2. The van der Waals surface area contributed by atoms with Gasteiger partial charge in [-0.05, 0) is 35.4 Å². The summed E-state index contributed by atoms with van der Waals surface area (Å²) in [5, 5.41) is 9.11. The molecule has 3 aromatic rings. The molecule has 0 saturated heterocycles. The third-order valence-electron chi connectivity index (χ3n) is 4.69. The molecule has 0 fully saturated rings. The first-order valence-electron chi connectivity index (χ1n) is 9.26. The van der Waals surface area contributed by atoms with Crippen molar-refractivity contribution >= 4 is 58.5 Å². The number of carbonyl (C=O) groups is 2. The normalized spacial score (nSPS) is 13.3. The van der Waals surface area contributed by atoms with Gasteiger partial charge in [0.05, 0.1) is 12.2 Å². The summed E-state index contributed by atoms with van der Waals surface area (Å²) in [6.45, 7) is 0.377. The molecule has 9 heteroatoms. The minimum absolute atomic E-state index is 0.142. The van der Waals surface area contributed by atoms with Crippen molar-refractivity contribution < 1.29 is 9.59 Å². The molecule has 2 amide bonds. The maximum Gasteiger partial charge on any atom is 0.342 e. The molecule has 2 aromatic carbocycles. The minimum atomic E-state index is -0.349. The van der Waals surface area contributed by atoms with Crippen molar-refractivity contribution in [3.63, 3.8) is 0 Å². The van der Waals surface area contributed by atoms with Gasteiger partial charge in [-0.2, -0.15) is 10.1 Å². The standard InChI is InChI=1S/C22H15Cl3N4O2/c23-18-10-16(29-22(31)26-7-8-28-29)11-19(24)17(18)9-13-1-3-14(4-2-13)21(30)15-5-6-20(25)27-12-15/h1-6,8,10-12H,7,9H2,(H,26,31). The smallest absolute Gasteiger partial charge is 0.331 e. The first-order valence-corrected chi connectivity index (χ1v) is 10.4. The van der Waals surface area contributed by atoms with Gasteiger partial charge in [0.15, 0.2) is 5.78 Å². The van der Waals surface area contributed by atoms with Gasteiger partial charge in [0.2, 0.25) is 0 Å². The van der Waals surface area contributed by atoms with E-state index in [2.05, 4.69) is 15.4 Å². The second-order valence-electron chi connectivity index (χ2n) is 6.76. The van der Waals surface area contributed by atoms with Gasteiger partial charge in [0.25, 0.3) is 0 Å². The van der Waals surface area contributed by atoms with E-state index in [1.807, 2.05) is 12.1 Å². The predicted molar refractivity (Wildman–Crippen MR) is 123 cm³/mol. The Balaban J connectivity index is 1.53. The van der Waals surface area contributed by atoms with E-state index in [0.717, 1.165) is 11.1 Å². The number of anilines is 1. The average Bonchev–Trinajstić information content (AvgIpc) is 2.77. The van der Waals surface area contributed by atoms with Gasteiger partial charge in [-0.15, -0.1) is 0 Å². The number of nitrogens with one attached hydrogen (secondary N) is 1. The molecule has 4 rings (SSSR count). The number of ketones is 1. The van der Waals surface area contributed by atoms with Crippen molar-refractivity contribution in [2.45, 2.75) is 6.42 Å². The van der Waals surface area contributed by atoms with Crippen LogP contribution in [-0.4, -0.2) is 29.6 Å². The summed E-state index contributed by atoms with van der Waals surface area (Å²) in [4.78, 5) is 28.5. The SMILES string of the molecule is O=C(c1ccc(Cc2c(Cl)cc(N3N=CCNC3=O)cc2Cl)cc1)c1ccc(Cl)nc1. The van der Waals surface area contributed by atoms with Crippen LogP contribution in [0.15, 0.2) is 59.8 Å². The summed E-state index contributed by atoms with van der Waals surface area (Å²) in [7, 11) is 0. The average molecular weight is 474 g/mol. The number of pyridine rings is 1. The van der Waals surface area contributed by atoms with Crippen LogP contribution in [0.25, 0.3) is 0 Å². The number of halogens is 3. The van der Waals surface area contributed by atoms with E-state index >= 15 is 0 Å². The highest BCUT2D eigenvalue weighted by Gasteiger charge is 2.20. The molecule has 1 aliphatic heterocycles. The first kappa shape index (κ1) is 21.3. The lowest BCUT2D eigenvalue weighted by atomic mass is 10.00. The molecule has 6 nitrogen and oxygen atoms in total. The van der Waals surface area contributed by atoms with Gasteiger partial charge >= 0.3 is 6.03 Å². The van der Waals surface area contributed by atoms with Crippen molar-refractivity contribution in [3.05, 3.63) is 92.2 Å². The lowest BCUT2D eigenvalue weighted by molar-refractivity contribution is 0.103. The topological polar surface area (TPSA) is 74.7 Å². The molecule has 1 N–H and O–H groups in total. The highest BCUT2D eigenvalue weighted by Crippen LogP contribution is 2.33. The van der Waals surface area contributed by atoms with E-state index in [0.29, 0.717) is 45.0 Å². The Morgan fingerprint density at radius 1 is 1.00 bits per heavy atom. The van der Waals surface area contributed by atoms with Crippen LogP contribution in [0.2, 0.25) is 15.2 Å². The van der Waals surface area contributed by atoms with E-state index in [1.165, 1.54) is 11.2 Å². The molecule has 31 heavy (non-hydrogen) atoms. The molecule has 0 saturated carbocycles. The Bertz CT molecular complexity index is 1160. The number of aromatic nitrogens is 1. The summed E-state index contributed by atoms with van der Waals surface area (Å²) in [6, 6.07) is 13.4. The minimum Gasteiger partial charge on any atom is -0.331 e. The molecule has 0 bridgehead atoms. The molecule has 0 aliphatic carbocycles. The van der Waals surface area contributed by atoms with Crippen molar-refractivity contribution in [1.29, 1.82) is 0 Å². The summed E-state index contributed by atoms with van der Waals surface area (Å²) in [6.07, 6.45) is 3.50. The maximum absolute atomic E-state index is 12.6. The van der Waals surface area contributed by atoms with E-state index in [4.69, 9.17) is 34.8 Å². The number of hydrazone groups is 1. The lowest BCUT2D eigenvalue weighted by Crippen LogP contribution is -2.41. The molecule has 0 unspecified atom stereocenters. The van der Waals surface area contributed by atoms with E-state index in [-0.39, 0.29) is 11.8 Å². The van der Waals surface area contributed by atoms with Crippen LogP contribution >= 0.6 is 34.8 Å². The zero-order chi connectivity index (χ0) is 22.0. The van der Waals surface area contributed by atoms with Crippen LogP contribution in [0.3, 0.4) is 0 Å². The van der Waals surface area contributed by atoms with Crippen molar-refractivity contribution in [1.82, 2.24) is 10.3 Å². The number of hydrogen-bond acceptors (Lipinski definition) is 4. The number of benzene rings is 2. The van der Waals surface area contributed by atoms with Crippen LogP contribution in [0.5, 0.6) is 0 Å². The molecule has 0 spiro atoms. The van der Waals surface area contributed by atoms with Crippen LogP contribution in [0, 0.1) is 0 Å². The van der Waals surface area contributed by atoms with Crippen LogP contribution in [-0.2, 0) is 6.42 Å².